The lowest BCUT2D eigenvalue weighted by Gasteiger charge is -2.26. The molecule has 1 aromatic heterocycles. The van der Waals surface area contributed by atoms with Crippen molar-refractivity contribution in [2.75, 3.05) is 5.32 Å². The van der Waals surface area contributed by atoms with Crippen LogP contribution < -0.4 is 11.1 Å². The number of hydrogen-bond donors (Lipinski definition) is 3. The van der Waals surface area contributed by atoms with Gasteiger partial charge in [-0.25, -0.2) is 0 Å². The van der Waals surface area contributed by atoms with Crippen molar-refractivity contribution in [3.05, 3.63) is 11.8 Å². The molecule has 20 heavy (non-hydrogen) atoms. The van der Waals surface area contributed by atoms with E-state index in [0.717, 1.165) is 0 Å². The molecule has 0 saturated heterocycles. The molecule has 0 bridgehead atoms. The van der Waals surface area contributed by atoms with Gasteiger partial charge < -0.3 is 16.3 Å². The van der Waals surface area contributed by atoms with Crippen LogP contribution in [0.4, 0.5) is 5.82 Å². The minimum atomic E-state index is -0.122. The van der Waals surface area contributed by atoms with Crippen LogP contribution in [0.3, 0.4) is 0 Å². The highest BCUT2D eigenvalue weighted by molar-refractivity contribution is 6.04. The third-order valence-corrected chi connectivity index (χ3v) is 3.55. The minimum absolute atomic E-state index is 0.0538. The maximum Gasteiger partial charge on any atom is 0.225 e. The van der Waals surface area contributed by atoms with Crippen molar-refractivity contribution in [3.8, 4) is 0 Å². The normalized spacial score (nSPS) is 14.2. The largest absolute Gasteiger partial charge is 0.409 e. The molecule has 1 atom stereocenters. The van der Waals surface area contributed by atoms with Crippen LogP contribution in [0.5, 0.6) is 0 Å². The summed E-state index contributed by atoms with van der Waals surface area (Å²) >= 11 is 0. The Morgan fingerprint density at radius 3 is 2.70 bits per heavy atom. The number of anilines is 1. The van der Waals surface area contributed by atoms with Crippen molar-refractivity contribution in [3.63, 3.8) is 0 Å². The van der Waals surface area contributed by atoms with Crippen molar-refractivity contribution in [2.45, 2.75) is 34.1 Å². The van der Waals surface area contributed by atoms with E-state index in [1.54, 1.807) is 7.05 Å². The van der Waals surface area contributed by atoms with E-state index >= 15 is 0 Å². The smallest absolute Gasteiger partial charge is 0.225 e. The monoisotopic (exact) mass is 281 g/mol. The number of amides is 1. The van der Waals surface area contributed by atoms with Crippen LogP contribution in [-0.4, -0.2) is 26.7 Å². The Morgan fingerprint density at radius 1 is 1.60 bits per heavy atom. The quantitative estimate of drug-likeness (QED) is 0.337. The maximum absolute atomic E-state index is 12.1. The second-order valence-corrected chi connectivity index (χ2v) is 6.04. The molecule has 0 aliphatic rings. The van der Waals surface area contributed by atoms with E-state index < -0.39 is 0 Å². The lowest BCUT2D eigenvalue weighted by Crippen LogP contribution is -2.25. The lowest BCUT2D eigenvalue weighted by molar-refractivity contribution is -0.117. The summed E-state index contributed by atoms with van der Waals surface area (Å²) in [4.78, 5) is 12.1. The third-order valence-electron chi connectivity index (χ3n) is 3.55. The lowest BCUT2D eigenvalue weighted by atomic mass is 9.80. The molecule has 1 amide bonds. The van der Waals surface area contributed by atoms with Crippen LogP contribution in [0.2, 0.25) is 0 Å². The molecule has 0 aliphatic carbocycles. The molecule has 7 nitrogen and oxygen atoms in total. The van der Waals surface area contributed by atoms with E-state index in [-0.39, 0.29) is 23.1 Å². The van der Waals surface area contributed by atoms with Gasteiger partial charge in [-0.3, -0.25) is 9.48 Å². The summed E-state index contributed by atoms with van der Waals surface area (Å²) in [5.74, 6) is 0.440. The minimum Gasteiger partial charge on any atom is -0.409 e. The summed E-state index contributed by atoms with van der Waals surface area (Å²) in [6.07, 6.45) is 1.84. The van der Waals surface area contributed by atoms with E-state index in [9.17, 15) is 4.79 Å². The van der Waals surface area contributed by atoms with Crippen LogP contribution in [0.15, 0.2) is 11.4 Å². The SMILES string of the molecule is CC(CC(=O)Nc1c(C(N)=NO)cnn1C)C(C)(C)C. The van der Waals surface area contributed by atoms with Crippen molar-refractivity contribution in [1.82, 2.24) is 9.78 Å². The number of nitrogens with zero attached hydrogens (tertiary/aromatic N) is 3. The number of oxime groups is 1. The number of nitrogens with two attached hydrogens (primary N) is 1. The van der Waals surface area contributed by atoms with Crippen LogP contribution in [0, 0.1) is 11.3 Å². The molecule has 1 heterocycles. The molecule has 1 rings (SSSR count). The summed E-state index contributed by atoms with van der Waals surface area (Å²) < 4.78 is 1.48. The third kappa shape index (κ3) is 3.72. The molecule has 0 fully saturated rings. The first-order valence-corrected chi connectivity index (χ1v) is 6.46. The molecule has 0 aliphatic heterocycles. The molecule has 112 valence electrons. The van der Waals surface area contributed by atoms with Gasteiger partial charge in [-0.05, 0) is 11.3 Å². The number of nitrogens with one attached hydrogen (secondary N) is 1. The van der Waals surface area contributed by atoms with Crippen molar-refractivity contribution in [2.24, 2.45) is 29.3 Å². The highest BCUT2D eigenvalue weighted by atomic mass is 16.4. The molecule has 0 radical (unpaired) electrons. The average molecular weight is 281 g/mol. The van der Waals surface area contributed by atoms with Gasteiger partial charge in [0.05, 0.1) is 11.8 Å². The van der Waals surface area contributed by atoms with Gasteiger partial charge in [0.25, 0.3) is 0 Å². The standard InChI is InChI=1S/C13H23N5O2/c1-8(13(2,3)4)6-10(19)16-12-9(11(14)17-20)7-15-18(12)5/h7-8,20H,6H2,1-5H3,(H2,14,17)(H,16,19). The van der Waals surface area contributed by atoms with Gasteiger partial charge in [0.1, 0.15) is 5.82 Å². The highest BCUT2D eigenvalue weighted by Crippen LogP contribution is 2.28. The Kier molecular flexibility index (Phi) is 4.75. The zero-order valence-corrected chi connectivity index (χ0v) is 12.6. The van der Waals surface area contributed by atoms with Crippen LogP contribution in [-0.2, 0) is 11.8 Å². The molecule has 0 saturated carbocycles. The number of aromatic nitrogens is 2. The molecule has 1 aromatic rings. The van der Waals surface area contributed by atoms with Gasteiger partial charge in [-0.2, -0.15) is 5.10 Å². The summed E-state index contributed by atoms with van der Waals surface area (Å²) in [6, 6.07) is 0. The zero-order chi connectivity index (χ0) is 15.5. The van der Waals surface area contributed by atoms with E-state index in [4.69, 9.17) is 10.9 Å². The van der Waals surface area contributed by atoms with Crippen LogP contribution in [0.1, 0.15) is 39.7 Å². The molecule has 4 N–H and O–H groups in total. The Bertz CT molecular complexity index is 513. The Labute approximate surface area is 118 Å². The van der Waals surface area contributed by atoms with E-state index in [1.807, 2.05) is 6.92 Å². The summed E-state index contributed by atoms with van der Waals surface area (Å²) in [7, 11) is 1.68. The van der Waals surface area contributed by atoms with Gasteiger partial charge in [0.15, 0.2) is 5.84 Å². The number of carbonyl (C=O) groups is 1. The molecular formula is C13H23N5O2. The van der Waals surface area contributed by atoms with E-state index in [1.165, 1.54) is 10.9 Å². The first-order chi connectivity index (χ1) is 9.16. The fraction of sp³-hybridized carbons (Fsp3) is 0.615. The first-order valence-electron chi connectivity index (χ1n) is 6.46. The average Bonchev–Trinajstić information content (AvgIpc) is 2.69. The Morgan fingerprint density at radius 2 is 2.20 bits per heavy atom. The van der Waals surface area contributed by atoms with Crippen LogP contribution in [0.25, 0.3) is 0 Å². The predicted octanol–water partition coefficient (Wildman–Crippen LogP) is 1.53. The molecule has 0 spiro atoms. The topological polar surface area (TPSA) is 106 Å². The van der Waals surface area contributed by atoms with Crippen molar-refractivity contribution >= 4 is 17.6 Å². The summed E-state index contributed by atoms with van der Waals surface area (Å²) in [5, 5.41) is 18.4. The Hall–Kier alpha value is -2.05. The van der Waals surface area contributed by atoms with Crippen molar-refractivity contribution in [1.29, 1.82) is 0 Å². The van der Waals surface area contributed by atoms with Crippen molar-refractivity contribution < 1.29 is 10.0 Å². The Balaban J connectivity index is 2.84. The summed E-state index contributed by atoms with van der Waals surface area (Å²) in [6.45, 7) is 8.32. The van der Waals surface area contributed by atoms with Gasteiger partial charge in [0.2, 0.25) is 5.91 Å². The second-order valence-electron chi connectivity index (χ2n) is 6.04. The fourth-order valence-corrected chi connectivity index (χ4v) is 1.59. The first kappa shape index (κ1) is 16.0. The zero-order valence-electron chi connectivity index (χ0n) is 12.6. The maximum atomic E-state index is 12.1. The van der Waals surface area contributed by atoms with E-state index in [2.05, 4.69) is 36.3 Å². The molecule has 7 heteroatoms. The number of aryl methyl sites for hydroxylation is 1. The summed E-state index contributed by atoms with van der Waals surface area (Å²) in [5.41, 5.74) is 6.00. The van der Waals surface area contributed by atoms with Gasteiger partial charge in [-0.1, -0.05) is 32.9 Å². The highest BCUT2D eigenvalue weighted by Gasteiger charge is 2.23. The van der Waals surface area contributed by atoms with Crippen LogP contribution >= 0.6 is 0 Å². The number of hydrogen-bond acceptors (Lipinski definition) is 4. The van der Waals surface area contributed by atoms with E-state index in [0.29, 0.717) is 17.8 Å². The number of amidine groups is 1. The molecular weight excluding hydrogens is 258 g/mol. The van der Waals surface area contributed by atoms with Gasteiger partial charge >= 0.3 is 0 Å². The fourth-order valence-electron chi connectivity index (χ4n) is 1.59. The number of carbonyl (C=O) groups excluding carboxylic acids is 1. The molecule has 1 unspecified atom stereocenters. The number of rotatable bonds is 4. The molecule has 0 aromatic carbocycles. The van der Waals surface area contributed by atoms with Gasteiger partial charge in [-0.15, -0.1) is 0 Å². The predicted molar refractivity (Wildman–Crippen MR) is 77.6 cm³/mol. The van der Waals surface area contributed by atoms with Gasteiger partial charge in [0, 0.05) is 13.5 Å². The second kappa shape index (κ2) is 5.94.